The lowest BCUT2D eigenvalue weighted by molar-refractivity contribution is -0.121. The highest BCUT2D eigenvalue weighted by molar-refractivity contribution is 7.18. The molecule has 0 atom stereocenters. The second-order valence-electron chi connectivity index (χ2n) is 6.70. The lowest BCUT2D eigenvalue weighted by Crippen LogP contribution is -2.22. The van der Waals surface area contributed by atoms with Crippen LogP contribution in [-0.4, -0.2) is 17.5 Å². The molecule has 5 heteroatoms. The number of para-hydroxylation sites is 1. The lowest BCUT2D eigenvalue weighted by Gasteiger charge is -2.09. The lowest BCUT2D eigenvalue weighted by atomic mass is 10.2. The Kier molecular flexibility index (Phi) is 6.23. The number of nitrogens with one attached hydrogen (secondary N) is 1. The summed E-state index contributed by atoms with van der Waals surface area (Å²) < 4.78 is 6.84. The van der Waals surface area contributed by atoms with E-state index in [4.69, 9.17) is 4.74 Å². The molecule has 1 aromatic heterocycles. The van der Waals surface area contributed by atoms with Gasteiger partial charge in [-0.1, -0.05) is 38.1 Å². The van der Waals surface area contributed by atoms with E-state index in [-0.39, 0.29) is 5.91 Å². The Morgan fingerprint density at radius 1 is 1.15 bits per heavy atom. The van der Waals surface area contributed by atoms with Crippen molar-refractivity contribution in [2.75, 3.05) is 6.61 Å². The van der Waals surface area contributed by atoms with E-state index in [0.717, 1.165) is 21.8 Å². The average Bonchev–Trinajstić information content (AvgIpc) is 3.07. The molecule has 136 valence electrons. The zero-order valence-electron chi connectivity index (χ0n) is 15.2. The SMILES string of the molecule is CC(C)COc1ccc(CNC(=O)CCc2nc3ccccc3s2)cc1. The Hall–Kier alpha value is -2.40. The van der Waals surface area contributed by atoms with Crippen molar-refractivity contribution < 1.29 is 9.53 Å². The van der Waals surface area contributed by atoms with Crippen LogP contribution in [0.2, 0.25) is 0 Å². The number of hydrogen-bond donors (Lipinski definition) is 1. The molecule has 2 aromatic carbocycles. The number of carbonyl (C=O) groups is 1. The fourth-order valence-corrected chi connectivity index (χ4v) is 3.47. The van der Waals surface area contributed by atoms with Crippen molar-refractivity contribution in [1.29, 1.82) is 0 Å². The molecule has 0 saturated heterocycles. The van der Waals surface area contributed by atoms with Crippen LogP contribution in [0.4, 0.5) is 0 Å². The molecule has 0 saturated carbocycles. The van der Waals surface area contributed by atoms with E-state index in [1.54, 1.807) is 11.3 Å². The van der Waals surface area contributed by atoms with Crippen LogP contribution in [0.25, 0.3) is 10.2 Å². The maximum absolute atomic E-state index is 12.1. The van der Waals surface area contributed by atoms with Crippen molar-refractivity contribution in [2.24, 2.45) is 5.92 Å². The molecule has 0 unspecified atom stereocenters. The number of rotatable bonds is 8. The largest absolute Gasteiger partial charge is 0.493 e. The number of fused-ring (bicyclic) bond motifs is 1. The van der Waals surface area contributed by atoms with Gasteiger partial charge in [-0.25, -0.2) is 4.98 Å². The van der Waals surface area contributed by atoms with Crippen LogP contribution in [0.15, 0.2) is 48.5 Å². The van der Waals surface area contributed by atoms with Crippen LogP contribution < -0.4 is 10.1 Å². The summed E-state index contributed by atoms with van der Waals surface area (Å²) in [5.74, 6) is 1.42. The molecule has 1 amide bonds. The Bertz CT molecular complexity index is 823. The number of ether oxygens (including phenoxy) is 1. The van der Waals surface area contributed by atoms with Crippen molar-refractivity contribution in [3.63, 3.8) is 0 Å². The fraction of sp³-hybridized carbons (Fsp3) is 0.333. The summed E-state index contributed by atoms with van der Waals surface area (Å²) in [6.07, 6.45) is 1.13. The van der Waals surface area contributed by atoms with E-state index in [1.807, 2.05) is 42.5 Å². The van der Waals surface area contributed by atoms with E-state index in [0.29, 0.717) is 31.9 Å². The van der Waals surface area contributed by atoms with Crippen LogP contribution >= 0.6 is 11.3 Å². The standard InChI is InChI=1S/C21H24N2O2S/c1-15(2)14-25-17-9-7-16(8-10-17)13-22-20(24)11-12-21-23-18-5-3-4-6-19(18)26-21/h3-10,15H,11-14H2,1-2H3,(H,22,24). The molecule has 3 aromatic rings. The van der Waals surface area contributed by atoms with Gasteiger partial charge in [-0.3, -0.25) is 4.79 Å². The Labute approximate surface area is 158 Å². The van der Waals surface area contributed by atoms with Gasteiger partial charge in [0, 0.05) is 19.4 Å². The van der Waals surface area contributed by atoms with Gasteiger partial charge in [0.2, 0.25) is 5.91 Å². The Balaban J connectivity index is 1.43. The normalized spacial score (nSPS) is 11.0. The molecule has 4 nitrogen and oxygen atoms in total. The van der Waals surface area contributed by atoms with Crippen LogP contribution in [0, 0.1) is 5.92 Å². The summed E-state index contributed by atoms with van der Waals surface area (Å²) in [4.78, 5) is 16.7. The molecular weight excluding hydrogens is 344 g/mol. The third-order valence-electron chi connectivity index (χ3n) is 3.90. The molecule has 0 spiro atoms. The van der Waals surface area contributed by atoms with Gasteiger partial charge in [-0.05, 0) is 35.7 Å². The third kappa shape index (κ3) is 5.30. The van der Waals surface area contributed by atoms with Crippen LogP contribution in [0.5, 0.6) is 5.75 Å². The first kappa shape index (κ1) is 18.4. The maximum Gasteiger partial charge on any atom is 0.220 e. The maximum atomic E-state index is 12.1. The number of carbonyl (C=O) groups excluding carboxylic acids is 1. The monoisotopic (exact) mass is 368 g/mol. The van der Waals surface area contributed by atoms with Gasteiger partial charge in [0.25, 0.3) is 0 Å². The average molecular weight is 369 g/mol. The molecule has 0 bridgehead atoms. The molecule has 0 aliphatic rings. The van der Waals surface area contributed by atoms with E-state index < -0.39 is 0 Å². The molecule has 1 heterocycles. The fourth-order valence-electron chi connectivity index (χ4n) is 2.50. The highest BCUT2D eigenvalue weighted by Crippen LogP contribution is 2.22. The first-order valence-electron chi connectivity index (χ1n) is 8.93. The summed E-state index contributed by atoms with van der Waals surface area (Å²) in [6, 6.07) is 15.9. The van der Waals surface area contributed by atoms with Crippen molar-refractivity contribution in [2.45, 2.75) is 33.2 Å². The summed E-state index contributed by atoms with van der Waals surface area (Å²) in [5, 5.41) is 3.98. The Morgan fingerprint density at radius 3 is 2.65 bits per heavy atom. The van der Waals surface area contributed by atoms with Gasteiger partial charge in [0.1, 0.15) is 5.75 Å². The zero-order chi connectivity index (χ0) is 18.4. The van der Waals surface area contributed by atoms with Crippen LogP contribution in [-0.2, 0) is 17.8 Å². The van der Waals surface area contributed by atoms with Crippen molar-refractivity contribution in [3.05, 3.63) is 59.1 Å². The molecule has 0 aliphatic heterocycles. The summed E-state index contributed by atoms with van der Waals surface area (Å²) >= 11 is 1.66. The van der Waals surface area contributed by atoms with E-state index in [1.165, 1.54) is 4.70 Å². The quantitative estimate of drug-likeness (QED) is 0.633. The van der Waals surface area contributed by atoms with Gasteiger partial charge in [0.05, 0.1) is 21.8 Å². The minimum Gasteiger partial charge on any atom is -0.493 e. The number of benzene rings is 2. The summed E-state index contributed by atoms with van der Waals surface area (Å²) in [7, 11) is 0. The van der Waals surface area contributed by atoms with E-state index >= 15 is 0 Å². The topological polar surface area (TPSA) is 51.2 Å². The van der Waals surface area contributed by atoms with Crippen LogP contribution in [0.3, 0.4) is 0 Å². The van der Waals surface area contributed by atoms with Crippen molar-refractivity contribution in [1.82, 2.24) is 10.3 Å². The molecule has 0 aliphatic carbocycles. The third-order valence-corrected chi connectivity index (χ3v) is 5.00. The first-order chi connectivity index (χ1) is 12.6. The first-order valence-corrected chi connectivity index (χ1v) is 9.74. The summed E-state index contributed by atoms with van der Waals surface area (Å²) in [6.45, 7) is 5.49. The van der Waals surface area contributed by atoms with E-state index in [9.17, 15) is 4.79 Å². The van der Waals surface area contributed by atoms with Crippen LogP contribution in [0.1, 0.15) is 30.8 Å². The van der Waals surface area contributed by atoms with Crippen molar-refractivity contribution >= 4 is 27.5 Å². The van der Waals surface area contributed by atoms with E-state index in [2.05, 4.69) is 30.2 Å². The molecule has 26 heavy (non-hydrogen) atoms. The predicted molar refractivity (Wildman–Crippen MR) is 107 cm³/mol. The molecule has 0 radical (unpaired) electrons. The second kappa shape index (κ2) is 8.81. The van der Waals surface area contributed by atoms with Crippen molar-refractivity contribution in [3.8, 4) is 5.75 Å². The molecule has 1 N–H and O–H groups in total. The number of nitrogens with zero attached hydrogens (tertiary/aromatic N) is 1. The zero-order valence-corrected chi connectivity index (χ0v) is 16.0. The second-order valence-corrected chi connectivity index (χ2v) is 7.82. The van der Waals surface area contributed by atoms with Gasteiger partial charge in [0.15, 0.2) is 0 Å². The number of thiazole rings is 1. The van der Waals surface area contributed by atoms with Gasteiger partial charge in [-0.2, -0.15) is 0 Å². The van der Waals surface area contributed by atoms with Gasteiger partial charge in [-0.15, -0.1) is 11.3 Å². The highest BCUT2D eigenvalue weighted by atomic mass is 32.1. The minimum absolute atomic E-state index is 0.0457. The Morgan fingerprint density at radius 2 is 1.92 bits per heavy atom. The van der Waals surface area contributed by atoms with Gasteiger partial charge >= 0.3 is 0 Å². The molecular formula is C21H24N2O2S. The summed E-state index contributed by atoms with van der Waals surface area (Å²) in [5.41, 5.74) is 2.07. The minimum atomic E-state index is 0.0457. The number of aromatic nitrogens is 1. The van der Waals surface area contributed by atoms with Gasteiger partial charge < -0.3 is 10.1 Å². The highest BCUT2D eigenvalue weighted by Gasteiger charge is 2.07. The number of amides is 1. The number of aryl methyl sites for hydroxylation is 1. The molecule has 0 fully saturated rings. The smallest absolute Gasteiger partial charge is 0.220 e. The predicted octanol–water partition coefficient (Wildman–Crippen LogP) is 4.58. The number of hydrogen-bond acceptors (Lipinski definition) is 4. The molecule has 3 rings (SSSR count).